The highest BCUT2D eigenvalue weighted by Crippen LogP contribution is 2.68. The van der Waals surface area contributed by atoms with Crippen LogP contribution < -0.4 is 28.9 Å². The Morgan fingerprint density at radius 1 is 0.493 bits per heavy atom. The molecule has 0 aliphatic carbocycles. The van der Waals surface area contributed by atoms with Crippen LogP contribution in [0.5, 0.6) is 34.5 Å². The average molecular weight is 960 g/mol. The maximum Gasteiger partial charge on any atom is 0.157 e. The van der Waals surface area contributed by atoms with Crippen LogP contribution in [0.1, 0.15) is 104 Å². The molecule has 9 aromatic rings. The Morgan fingerprint density at radius 2 is 1.11 bits per heavy atom. The molecule has 0 amide bonds. The molecule has 4 aliphatic heterocycles. The van der Waals surface area contributed by atoms with Crippen molar-refractivity contribution in [3.63, 3.8) is 0 Å². The molecule has 8 heteroatoms. The largest absolute Gasteiger partial charge is 0.457 e. The van der Waals surface area contributed by atoms with E-state index in [-0.39, 0.29) is 21.7 Å². The van der Waals surface area contributed by atoms with Gasteiger partial charge in [0.1, 0.15) is 23.0 Å². The van der Waals surface area contributed by atoms with Crippen LogP contribution in [-0.4, -0.2) is 16.2 Å². The van der Waals surface area contributed by atoms with E-state index < -0.39 is 0 Å². The highest BCUT2D eigenvalue weighted by Gasteiger charge is 2.48. The normalized spacial score (nSPS) is 15.2. The summed E-state index contributed by atoms with van der Waals surface area (Å²) in [6.07, 6.45) is 6.18. The van der Waals surface area contributed by atoms with Gasteiger partial charge in [-0.25, -0.2) is 4.98 Å². The molecule has 2 aromatic heterocycles. The van der Waals surface area contributed by atoms with Crippen LogP contribution >= 0.6 is 0 Å². The van der Waals surface area contributed by atoms with Gasteiger partial charge < -0.3 is 24.0 Å². The van der Waals surface area contributed by atoms with Crippen LogP contribution in [-0.2, 0) is 21.7 Å². The van der Waals surface area contributed by atoms with Gasteiger partial charge in [0.15, 0.2) is 23.0 Å². The highest BCUT2D eigenvalue weighted by atomic mass is 16.5. The van der Waals surface area contributed by atoms with E-state index >= 15 is 0 Å². The van der Waals surface area contributed by atoms with Crippen molar-refractivity contribution in [1.29, 1.82) is 0 Å². The fourth-order valence-electron chi connectivity index (χ4n) is 11.2. The van der Waals surface area contributed by atoms with Gasteiger partial charge in [0.25, 0.3) is 0 Å². The van der Waals surface area contributed by atoms with E-state index in [4.69, 9.17) is 19.2 Å². The number of nitrogens with zero attached hydrogens (tertiary/aromatic N) is 5. The lowest BCUT2D eigenvalue weighted by Crippen LogP contribution is -2.35. The standard InChI is InChI=1S/C65H61N5O3/c1-62(2,3)41-24-25-66-58(33-41)69-52-23-20-40(39-16-13-12-14-17-39)28-49(52)48-22-21-47(37-53(48)69)71-46-19-15-18-44(34-46)67-26-27-68(38-67)45-35-56-61-57(36-45)73-55-32-43(64(7,8)9)30-51-60(55)70(61)59-50(65(51,10)11)29-42(63(4,5)6)31-54(59)72-56/h12-37H,38H2,1-11H3. The van der Waals surface area contributed by atoms with E-state index in [1.165, 1.54) is 38.9 Å². The predicted molar refractivity (Wildman–Crippen MR) is 299 cm³/mol. The summed E-state index contributed by atoms with van der Waals surface area (Å²) in [5.74, 6) is 5.68. The van der Waals surface area contributed by atoms with E-state index in [9.17, 15) is 0 Å². The molecule has 0 saturated heterocycles. The van der Waals surface area contributed by atoms with E-state index in [0.717, 1.165) is 90.6 Å². The van der Waals surface area contributed by atoms with Gasteiger partial charge in [0.05, 0.1) is 29.1 Å². The number of pyridine rings is 1. The summed E-state index contributed by atoms with van der Waals surface area (Å²) in [6, 6.07) is 50.0. The number of benzene rings is 7. The molecule has 0 fully saturated rings. The first kappa shape index (κ1) is 44.9. The summed E-state index contributed by atoms with van der Waals surface area (Å²) in [6.45, 7) is 25.7. The molecule has 6 heterocycles. The molecule has 0 bridgehead atoms. The molecule has 0 atom stereocenters. The van der Waals surface area contributed by atoms with Crippen molar-refractivity contribution >= 4 is 50.2 Å². The van der Waals surface area contributed by atoms with Crippen molar-refractivity contribution in [3.05, 3.63) is 186 Å². The van der Waals surface area contributed by atoms with Gasteiger partial charge in [0, 0.05) is 70.4 Å². The molecule has 0 radical (unpaired) electrons. The number of aromatic nitrogens is 2. The maximum absolute atomic E-state index is 7.05. The second kappa shape index (κ2) is 15.5. The number of anilines is 5. The lowest BCUT2D eigenvalue weighted by atomic mass is 9.69. The molecular formula is C65H61N5O3. The van der Waals surface area contributed by atoms with E-state index in [2.05, 4.69) is 241 Å². The first-order valence-corrected chi connectivity index (χ1v) is 25.6. The fraction of sp³-hybridized carbons (Fsp3) is 0.246. The van der Waals surface area contributed by atoms with Crippen molar-refractivity contribution in [3.8, 4) is 51.4 Å². The van der Waals surface area contributed by atoms with Crippen molar-refractivity contribution in [2.24, 2.45) is 0 Å². The van der Waals surface area contributed by atoms with Crippen molar-refractivity contribution in [1.82, 2.24) is 9.55 Å². The van der Waals surface area contributed by atoms with Gasteiger partial charge in [-0.3, -0.25) is 9.47 Å². The lowest BCUT2D eigenvalue weighted by Gasteiger charge is -2.48. The average Bonchev–Trinajstić information content (AvgIpc) is 3.98. The third-order valence-corrected chi connectivity index (χ3v) is 15.5. The highest BCUT2D eigenvalue weighted by molar-refractivity contribution is 6.11. The molecule has 7 aromatic carbocycles. The summed E-state index contributed by atoms with van der Waals surface area (Å²) >= 11 is 0. The number of hydrogen-bond donors (Lipinski definition) is 0. The molecule has 0 spiro atoms. The topological polar surface area (TPSA) is 55.2 Å². The van der Waals surface area contributed by atoms with Crippen molar-refractivity contribution in [2.45, 2.75) is 97.8 Å². The molecule has 364 valence electrons. The predicted octanol–water partition coefficient (Wildman–Crippen LogP) is 17.6. The Balaban J connectivity index is 0.830. The zero-order valence-corrected chi connectivity index (χ0v) is 43.7. The number of ether oxygens (including phenoxy) is 3. The van der Waals surface area contributed by atoms with Gasteiger partial charge >= 0.3 is 0 Å². The summed E-state index contributed by atoms with van der Waals surface area (Å²) in [5.41, 5.74) is 15.4. The summed E-state index contributed by atoms with van der Waals surface area (Å²) < 4.78 is 23.1. The quantitative estimate of drug-likeness (QED) is 0.165. The minimum absolute atomic E-state index is 0.0365. The van der Waals surface area contributed by atoms with Crippen LogP contribution in [0.2, 0.25) is 0 Å². The Bertz CT molecular complexity index is 3710. The number of hydrogen-bond acceptors (Lipinski definition) is 7. The Labute approximate surface area is 428 Å². The monoisotopic (exact) mass is 959 g/mol. The van der Waals surface area contributed by atoms with Gasteiger partial charge in [0.2, 0.25) is 0 Å². The molecule has 0 N–H and O–H groups in total. The molecule has 4 aliphatic rings. The third kappa shape index (κ3) is 7.20. The Hall–Kier alpha value is -7.97. The van der Waals surface area contributed by atoms with E-state index in [0.29, 0.717) is 6.67 Å². The van der Waals surface area contributed by atoms with Crippen LogP contribution in [0.15, 0.2) is 158 Å². The zero-order chi connectivity index (χ0) is 50.5. The SMILES string of the molecule is CC(C)(C)c1ccnc(-n2c3ccc(-c4ccccc4)cc3c3ccc(Oc4cccc(N5C=CN(c6cc7c8c(c6)Oc6cc(C(C)(C)C)cc9c6N8c6c(cc(C(C)(C)C)cc6C9(C)C)O7)C5)c4)cc32)c1. The van der Waals surface area contributed by atoms with Crippen LogP contribution in [0.25, 0.3) is 38.8 Å². The number of rotatable bonds is 6. The summed E-state index contributed by atoms with van der Waals surface area (Å²) in [7, 11) is 0. The fourth-order valence-corrected chi connectivity index (χ4v) is 11.2. The van der Waals surface area contributed by atoms with Crippen molar-refractivity contribution in [2.75, 3.05) is 21.4 Å². The second-order valence-electron chi connectivity index (χ2n) is 23.9. The molecule has 0 saturated carbocycles. The second-order valence-corrected chi connectivity index (χ2v) is 23.9. The zero-order valence-electron chi connectivity index (χ0n) is 43.7. The molecule has 8 nitrogen and oxygen atoms in total. The van der Waals surface area contributed by atoms with Crippen molar-refractivity contribution < 1.29 is 14.2 Å². The maximum atomic E-state index is 7.05. The third-order valence-electron chi connectivity index (χ3n) is 15.5. The minimum atomic E-state index is -0.291. The smallest absolute Gasteiger partial charge is 0.157 e. The van der Waals surface area contributed by atoms with Gasteiger partial charge in [-0.1, -0.05) is 131 Å². The van der Waals surface area contributed by atoms with Gasteiger partial charge in [-0.2, -0.15) is 0 Å². The van der Waals surface area contributed by atoms with Crippen LogP contribution in [0.3, 0.4) is 0 Å². The van der Waals surface area contributed by atoms with Gasteiger partial charge in [-0.15, -0.1) is 0 Å². The van der Waals surface area contributed by atoms with Crippen LogP contribution in [0.4, 0.5) is 28.4 Å². The molecule has 13 rings (SSSR count). The first-order chi connectivity index (χ1) is 34.8. The lowest BCUT2D eigenvalue weighted by molar-refractivity contribution is 0.434. The Morgan fingerprint density at radius 3 is 1.75 bits per heavy atom. The minimum Gasteiger partial charge on any atom is -0.457 e. The van der Waals surface area contributed by atoms with Gasteiger partial charge in [-0.05, 0) is 116 Å². The Kier molecular flexibility index (Phi) is 9.55. The van der Waals surface area contributed by atoms with E-state index in [1.807, 2.05) is 12.3 Å². The molecular weight excluding hydrogens is 899 g/mol. The van der Waals surface area contributed by atoms with E-state index in [1.54, 1.807) is 0 Å². The summed E-state index contributed by atoms with van der Waals surface area (Å²) in [5, 5.41) is 2.30. The first-order valence-electron chi connectivity index (χ1n) is 25.6. The summed E-state index contributed by atoms with van der Waals surface area (Å²) in [4.78, 5) is 11.9. The molecule has 73 heavy (non-hydrogen) atoms. The number of fused-ring (bicyclic) bond motifs is 3. The van der Waals surface area contributed by atoms with Crippen LogP contribution in [0, 0.1) is 0 Å². The molecule has 0 unspecified atom stereocenters.